The van der Waals surface area contributed by atoms with E-state index in [0.29, 0.717) is 28.5 Å². The van der Waals surface area contributed by atoms with E-state index in [4.69, 9.17) is 14.2 Å². The van der Waals surface area contributed by atoms with Crippen LogP contribution in [0.25, 0.3) is 0 Å². The molecule has 2 aromatic rings. The first-order chi connectivity index (χ1) is 11.5. The maximum Gasteiger partial charge on any atom is 0.221 e. The lowest BCUT2D eigenvalue weighted by Crippen LogP contribution is -2.13. The number of ketones is 1. The Balaban J connectivity index is 2.60. The van der Waals surface area contributed by atoms with Crippen molar-refractivity contribution in [1.82, 2.24) is 0 Å². The summed E-state index contributed by atoms with van der Waals surface area (Å²) in [7, 11) is 4.44. The normalized spacial score (nSPS) is 10.0. The predicted octanol–water partition coefficient (Wildman–Crippen LogP) is 2.90. The Morgan fingerprint density at radius 2 is 1.50 bits per heavy atom. The number of rotatable bonds is 6. The van der Waals surface area contributed by atoms with E-state index in [-0.39, 0.29) is 17.3 Å². The highest BCUT2D eigenvalue weighted by molar-refractivity contribution is 6.16. The maximum atomic E-state index is 13.1. The number of hydrogen-bond donors (Lipinski definition) is 1. The van der Waals surface area contributed by atoms with Gasteiger partial charge in [0.15, 0.2) is 0 Å². The molecule has 2 rings (SSSR count). The van der Waals surface area contributed by atoms with E-state index in [0.717, 1.165) is 0 Å². The SMILES string of the molecule is COc1cc(OC)c(C(=O)c2ccccc2NC(C)=O)c(OC)c1. The molecule has 0 fully saturated rings. The minimum atomic E-state index is -0.323. The lowest BCUT2D eigenvalue weighted by Gasteiger charge is -2.15. The van der Waals surface area contributed by atoms with Crippen LogP contribution in [0.2, 0.25) is 0 Å². The largest absolute Gasteiger partial charge is 0.496 e. The topological polar surface area (TPSA) is 73.9 Å². The summed E-state index contributed by atoms with van der Waals surface area (Å²) >= 11 is 0. The number of carbonyl (C=O) groups is 2. The number of hydrogen-bond acceptors (Lipinski definition) is 5. The fourth-order valence-corrected chi connectivity index (χ4v) is 2.34. The Morgan fingerprint density at radius 3 is 2.00 bits per heavy atom. The molecule has 0 aliphatic rings. The molecule has 0 spiro atoms. The fraction of sp³-hybridized carbons (Fsp3) is 0.222. The summed E-state index contributed by atoms with van der Waals surface area (Å²) in [5.74, 6) is 0.581. The van der Waals surface area contributed by atoms with Gasteiger partial charge in [-0.15, -0.1) is 0 Å². The Labute approximate surface area is 140 Å². The van der Waals surface area contributed by atoms with Gasteiger partial charge in [0.1, 0.15) is 22.8 Å². The second kappa shape index (κ2) is 7.50. The van der Waals surface area contributed by atoms with Crippen molar-refractivity contribution < 1.29 is 23.8 Å². The van der Waals surface area contributed by atoms with Gasteiger partial charge in [-0.1, -0.05) is 12.1 Å². The van der Waals surface area contributed by atoms with Crippen LogP contribution in [0, 0.1) is 0 Å². The summed E-state index contributed by atoms with van der Waals surface area (Å²) in [5, 5.41) is 2.66. The molecule has 0 saturated carbocycles. The summed E-state index contributed by atoms with van der Waals surface area (Å²) in [4.78, 5) is 24.4. The van der Waals surface area contributed by atoms with Gasteiger partial charge in [0.25, 0.3) is 0 Å². The number of benzene rings is 2. The molecular formula is C18H19NO5. The first-order valence-electron chi connectivity index (χ1n) is 7.23. The Kier molecular flexibility index (Phi) is 5.42. The van der Waals surface area contributed by atoms with E-state index >= 15 is 0 Å². The van der Waals surface area contributed by atoms with Crippen molar-refractivity contribution in [3.05, 3.63) is 47.5 Å². The van der Waals surface area contributed by atoms with Crippen molar-refractivity contribution in [3.8, 4) is 17.2 Å². The zero-order chi connectivity index (χ0) is 17.7. The highest BCUT2D eigenvalue weighted by atomic mass is 16.5. The van der Waals surface area contributed by atoms with Crippen LogP contribution in [0.3, 0.4) is 0 Å². The molecule has 126 valence electrons. The van der Waals surface area contributed by atoms with Crippen molar-refractivity contribution in [2.24, 2.45) is 0 Å². The average molecular weight is 329 g/mol. The first-order valence-corrected chi connectivity index (χ1v) is 7.23. The highest BCUT2D eigenvalue weighted by Crippen LogP contribution is 2.36. The molecule has 1 amide bonds. The zero-order valence-electron chi connectivity index (χ0n) is 14.0. The molecule has 0 unspecified atom stereocenters. The van der Waals surface area contributed by atoms with Crippen molar-refractivity contribution in [2.75, 3.05) is 26.6 Å². The summed E-state index contributed by atoms with van der Waals surface area (Å²) < 4.78 is 15.8. The lowest BCUT2D eigenvalue weighted by molar-refractivity contribution is -0.114. The summed E-state index contributed by atoms with van der Waals surface area (Å²) in [6.45, 7) is 1.38. The number of methoxy groups -OCH3 is 3. The minimum absolute atomic E-state index is 0.260. The lowest BCUT2D eigenvalue weighted by atomic mass is 9.99. The molecule has 0 aliphatic carbocycles. The van der Waals surface area contributed by atoms with E-state index in [9.17, 15) is 9.59 Å². The zero-order valence-corrected chi connectivity index (χ0v) is 14.0. The maximum absolute atomic E-state index is 13.1. The van der Waals surface area contributed by atoms with Gasteiger partial charge in [0, 0.05) is 24.6 Å². The van der Waals surface area contributed by atoms with Crippen molar-refractivity contribution in [2.45, 2.75) is 6.92 Å². The summed E-state index contributed by atoms with van der Waals surface area (Å²) in [6, 6.07) is 9.98. The molecule has 0 saturated heterocycles. The molecular weight excluding hydrogens is 310 g/mol. The number of para-hydroxylation sites is 1. The fourth-order valence-electron chi connectivity index (χ4n) is 2.34. The first kappa shape index (κ1) is 17.3. The van der Waals surface area contributed by atoms with Gasteiger partial charge in [-0.3, -0.25) is 9.59 Å². The minimum Gasteiger partial charge on any atom is -0.496 e. The molecule has 0 aromatic heterocycles. The van der Waals surface area contributed by atoms with E-state index in [1.165, 1.54) is 28.3 Å². The van der Waals surface area contributed by atoms with E-state index in [1.807, 2.05) is 0 Å². The molecule has 1 N–H and O–H groups in total. The van der Waals surface area contributed by atoms with Crippen molar-refractivity contribution in [1.29, 1.82) is 0 Å². The Bertz CT molecular complexity index is 745. The van der Waals surface area contributed by atoms with Gasteiger partial charge in [0.2, 0.25) is 11.7 Å². The Morgan fingerprint density at radius 1 is 0.917 bits per heavy atom. The van der Waals surface area contributed by atoms with Crippen LogP contribution in [0.15, 0.2) is 36.4 Å². The summed E-state index contributed by atoms with van der Waals surface area (Å²) in [6.07, 6.45) is 0. The molecule has 6 nitrogen and oxygen atoms in total. The molecule has 0 atom stereocenters. The van der Waals surface area contributed by atoms with Gasteiger partial charge < -0.3 is 19.5 Å². The quantitative estimate of drug-likeness (QED) is 0.825. The monoisotopic (exact) mass is 329 g/mol. The molecule has 2 aromatic carbocycles. The molecule has 0 radical (unpaired) electrons. The third-order valence-corrected chi connectivity index (χ3v) is 3.42. The third-order valence-electron chi connectivity index (χ3n) is 3.42. The summed E-state index contributed by atoms with van der Waals surface area (Å²) in [5.41, 5.74) is 1.03. The van der Waals surface area contributed by atoms with Crippen molar-refractivity contribution in [3.63, 3.8) is 0 Å². The van der Waals surface area contributed by atoms with E-state index in [1.54, 1.807) is 36.4 Å². The average Bonchev–Trinajstić information content (AvgIpc) is 2.59. The highest BCUT2D eigenvalue weighted by Gasteiger charge is 2.23. The van der Waals surface area contributed by atoms with Crippen LogP contribution in [0.5, 0.6) is 17.2 Å². The number of carbonyl (C=O) groups excluding carboxylic acids is 2. The standard InChI is InChI=1S/C18H19NO5/c1-11(20)19-14-8-6-5-7-13(14)18(21)17-15(23-3)9-12(22-2)10-16(17)24-4/h5-10H,1-4H3,(H,19,20). The van der Waals surface area contributed by atoms with Crippen LogP contribution in [0.1, 0.15) is 22.8 Å². The molecule has 0 aliphatic heterocycles. The van der Waals surface area contributed by atoms with Gasteiger partial charge in [0.05, 0.1) is 27.0 Å². The van der Waals surface area contributed by atoms with Crippen LogP contribution >= 0.6 is 0 Å². The van der Waals surface area contributed by atoms with Crippen LogP contribution in [0.4, 0.5) is 5.69 Å². The number of nitrogens with one attached hydrogen (secondary N) is 1. The van der Waals surface area contributed by atoms with Gasteiger partial charge in [-0.05, 0) is 12.1 Å². The second-order valence-electron chi connectivity index (χ2n) is 4.96. The molecule has 0 bridgehead atoms. The molecule has 24 heavy (non-hydrogen) atoms. The van der Waals surface area contributed by atoms with E-state index < -0.39 is 0 Å². The second-order valence-corrected chi connectivity index (χ2v) is 4.96. The van der Waals surface area contributed by atoms with Crippen LogP contribution < -0.4 is 19.5 Å². The number of amides is 1. The van der Waals surface area contributed by atoms with E-state index in [2.05, 4.69) is 5.32 Å². The van der Waals surface area contributed by atoms with Gasteiger partial charge in [-0.2, -0.15) is 0 Å². The predicted molar refractivity (Wildman–Crippen MR) is 90.3 cm³/mol. The number of ether oxygens (including phenoxy) is 3. The van der Waals surface area contributed by atoms with Crippen LogP contribution in [-0.4, -0.2) is 33.0 Å². The smallest absolute Gasteiger partial charge is 0.221 e. The van der Waals surface area contributed by atoms with Gasteiger partial charge in [-0.25, -0.2) is 0 Å². The third kappa shape index (κ3) is 3.48. The van der Waals surface area contributed by atoms with Crippen LogP contribution in [-0.2, 0) is 4.79 Å². The molecule has 0 heterocycles. The van der Waals surface area contributed by atoms with Crippen molar-refractivity contribution >= 4 is 17.4 Å². The van der Waals surface area contributed by atoms with Gasteiger partial charge >= 0.3 is 0 Å². The molecule has 6 heteroatoms. The Hall–Kier alpha value is -3.02. The number of anilines is 1.